The molecule has 1 saturated heterocycles. The van der Waals surface area contributed by atoms with E-state index in [1.54, 1.807) is 17.0 Å². The highest BCUT2D eigenvalue weighted by Gasteiger charge is 2.30. The number of carbonyl (C=O) groups is 1. The molecular formula is C19H17N3O5. The maximum Gasteiger partial charge on any atom is 0.289 e. The molecule has 0 aliphatic carbocycles. The summed E-state index contributed by atoms with van der Waals surface area (Å²) in [5, 5.41) is 8.39. The van der Waals surface area contributed by atoms with Crippen LogP contribution >= 0.6 is 0 Å². The Morgan fingerprint density at radius 2 is 2.07 bits per heavy atom. The minimum absolute atomic E-state index is 0.00734. The van der Waals surface area contributed by atoms with Gasteiger partial charge in [0.1, 0.15) is 0 Å². The monoisotopic (exact) mass is 367 g/mol. The largest absolute Gasteiger partial charge is 0.459 e. The van der Waals surface area contributed by atoms with Crippen molar-refractivity contribution in [2.45, 2.75) is 18.8 Å². The summed E-state index contributed by atoms with van der Waals surface area (Å²) in [5.74, 6) is 2.59. The first-order valence-corrected chi connectivity index (χ1v) is 8.84. The van der Waals surface area contributed by atoms with Crippen molar-refractivity contribution >= 4 is 5.91 Å². The van der Waals surface area contributed by atoms with E-state index in [0.29, 0.717) is 42.1 Å². The van der Waals surface area contributed by atoms with Gasteiger partial charge in [0.25, 0.3) is 5.91 Å². The molecule has 0 spiro atoms. The molecule has 4 heterocycles. The summed E-state index contributed by atoms with van der Waals surface area (Å²) in [6.45, 7) is 1.44. The molecule has 0 saturated carbocycles. The van der Waals surface area contributed by atoms with Crippen LogP contribution in [0.15, 0.2) is 45.4 Å². The third kappa shape index (κ3) is 2.92. The first-order valence-electron chi connectivity index (χ1n) is 8.84. The number of ether oxygens (including phenoxy) is 2. The zero-order chi connectivity index (χ0) is 18.2. The van der Waals surface area contributed by atoms with Crippen LogP contribution in [-0.4, -0.2) is 40.9 Å². The van der Waals surface area contributed by atoms with E-state index in [1.165, 1.54) is 6.26 Å². The second-order valence-electron chi connectivity index (χ2n) is 6.58. The smallest absolute Gasteiger partial charge is 0.289 e. The molecule has 2 aliphatic rings. The molecule has 2 aromatic heterocycles. The fourth-order valence-corrected chi connectivity index (χ4v) is 3.47. The summed E-state index contributed by atoms with van der Waals surface area (Å²) in [6, 6.07) is 8.90. The first kappa shape index (κ1) is 15.9. The molecular weight excluding hydrogens is 350 g/mol. The van der Waals surface area contributed by atoms with E-state index < -0.39 is 0 Å². The van der Waals surface area contributed by atoms with E-state index in [9.17, 15) is 4.79 Å². The number of carbonyl (C=O) groups excluding carboxylic acids is 1. The second kappa shape index (κ2) is 6.46. The van der Waals surface area contributed by atoms with Gasteiger partial charge in [0.15, 0.2) is 17.3 Å². The van der Waals surface area contributed by atoms with E-state index in [1.807, 2.05) is 18.2 Å². The minimum Gasteiger partial charge on any atom is -0.459 e. The number of piperidine rings is 1. The minimum atomic E-state index is -0.111. The molecule has 0 unspecified atom stereocenters. The van der Waals surface area contributed by atoms with Crippen molar-refractivity contribution in [3.63, 3.8) is 0 Å². The van der Waals surface area contributed by atoms with Crippen LogP contribution in [-0.2, 0) is 0 Å². The molecule has 8 nitrogen and oxygen atoms in total. The van der Waals surface area contributed by atoms with Gasteiger partial charge in [-0.05, 0) is 43.2 Å². The Morgan fingerprint density at radius 1 is 1.15 bits per heavy atom. The quantitative estimate of drug-likeness (QED) is 0.702. The van der Waals surface area contributed by atoms with E-state index >= 15 is 0 Å². The number of hydrogen-bond donors (Lipinski definition) is 0. The van der Waals surface area contributed by atoms with Gasteiger partial charge in [-0.25, -0.2) is 0 Å². The Morgan fingerprint density at radius 3 is 2.96 bits per heavy atom. The SMILES string of the molecule is O=C(c1ccco1)N1CCC[C@@H](c2nnc(-c3ccc4c(c3)OCO4)o2)C1. The number of aromatic nitrogens is 2. The molecule has 0 N–H and O–H groups in total. The number of rotatable bonds is 3. The Hall–Kier alpha value is -3.29. The van der Waals surface area contributed by atoms with Crippen LogP contribution in [0.25, 0.3) is 11.5 Å². The highest BCUT2D eigenvalue weighted by atomic mass is 16.7. The predicted octanol–water partition coefficient (Wildman–Crippen LogP) is 3.08. The van der Waals surface area contributed by atoms with Gasteiger partial charge in [-0.3, -0.25) is 4.79 Å². The summed E-state index contributed by atoms with van der Waals surface area (Å²) in [4.78, 5) is 14.3. The molecule has 1 aromatic carbocycles. The molecule has 3 aromatic rings. The van der Waals surface area contributed by atoms with Crippen LogP contribution < -0.4 is 9.47 Å². The Kier molecular flexibility index (Phi) is 3.81. The molecule has 1 fully saturated rings. The normalized spacial score (nSPS) is 18.7. The van der Waals surface area contributed by atoms with E-state index in [-0.39, 0.29) is 18.6 Å². The lowest BCUT2D eigenvalue weighted by atomic mass is 9.98. The molecule has 0 bridgehead atoms. The summed E-state index contributed by atoms with van der Waals surface area (Å²) in [5.41, 5.74) is 0.775. The maximum absolute atomic E-state index is 12.5. The third-order valence-corrected chi connectivity index (χ3v) is 4.85. The van der Waals surface area contributed by atoms with Crippen LogP contribution in [0.4, 0.5) is 0 Å². The number of nitrogens with zero attached hydrogens (tertiary/aromatic N) is 3. The van der Waals surface area contributed by atoms with Gasteiger partial charge < -0.3 is 23.2 Å². The fraction of sp³-hybridized carbons (Fsp3) is 0.316. The molecule has 1 atom stereocenters. The number of likely N-dealkylation sites (tertiary alicyclic amines) is 1. The van der Waals surface area contributed by atoms with Crippen LogP contribution in [0.3, 0.4) is 0 Å². The van der Waals surface area contributed by atoms with Crippen molar-refractivity contribution in [3.8, 4) is 23.0 Å². The van der Waals surface area contributed by atoms with Crippen molar-refractivity contribution in [2.75, 3.05) is 19.9 Å². The second-order valence-corrected chi connectivity index (χ2v) is 6.58. The van der Waals surface area contributed by atoms with Gasteiger partial charge >= 0.3 is 0 Å². The molecule has 27 heavy (non-hydrogen) atoms. The van der Waals surface area contributed by atoms with Gasteiger partial charge in [-0.2, -0.15) is 0 Å². The Bertz CT molecular complexity index is 966. The first-order chi connectivity index (χ1) is 13.3. The van der Waals surface area contributed by atoms with Crippen molar-refractivity contribution in [2.24, 2.45) is 0 Å². The fourth-order valence-electron chi connectivity index (χ4n) is 3.47. The van der Waals surface area contributed by atoms with E-state index in [2.05, 4.69) is 10.2 Å². The van der Waals surface area contributed by atoms with Gasteiger partial charge in [0.05, 0.1) is 12.2 Å². The molecule has 1 amide bonds. The number of benzene rings is 1. The van der Waals surface area contributed by atoms with Crippen LogP contribution in [0.1, 0.15) is 35.2 Å². The topological polar surface area (TPSA) is 90.8 Å². The average Bonchev–Trinajstić information content (AvgIpc) is 3.48. The zero-order valence-corrected chi connectivity index (χ0v) is 14.5. The maximum atomic E-state index is 12.5. The van der Waals surface area contributed by atoms with Gasteiger partial charge in [0.2, 0.25) is 18.6 Å². The standard InChI is InChI=1S/C19H17N3O5/c23-19(15-4-2-8-24-15)22-7-1-3-13(10-22)18-21-20-17(27-18)12-5-6-14-16(9-12)26-11-25-14/h2,4-6,8-9,13H,1,3,7,10-11H2/t13-/m1/s1. The van der Waals surface area contributed by atoms with Gasteiger partial charge in [-0.1, -0.05) is 0 Å². The van der Waals surface area contributed by atoms with Gasteiger partial charge in [-0.15, -0.1) is 10.2 Å². The molecule has 2 aliphatic heterocycles. The molecule has 5 rings (SSSR count). The van der Waals surface area contributed by atoms with Crippen LogP contribution in [0, 0.1) is 0 Å². The summed E-state index contributed by atoms with van der Waals surface area (Å²) >= 11 is 0. The number of amides is 1. The average molecular weight is 367 g/mol. The zero-order valence-electron chi connectivity index (χ0n) is 14.5. The van der Waals surface area contributed by atoms with E-state index in [0.717, 1.165) is 18.4 Å². The summed E-state index contributed by atoms with van der Waals surface area (Å²) < 4.78 is 21.8. The summed E-state index contributed by atoms with van der Waals surface area (Å²) in [7, 11) is 0. The third-order valence-electron chi connectivity index (χ3n) is 4.85. The van der Waals surface area contributed by atoms with Crippen molar-refractivity contribution in [3.05, 3.63) is 48.2 Å². The lowest BCUT2D eigenvalue weighted by Gasteiger charge is -2.30. The molecule has 138 valence electrons. The number of hydrogen-bond acceptors (Lipinski definition) is 7. The molecule has 0 radical (unpaired) electrons. The highest BCUT2D eigenvalue weighted by molar-refractivity contribution is 5.91. The lowest BCUT2D eigenvalue weighted by Crippen LogP contribution is -2.39. The lowest BCUT2D eigenvalue weighted by molar-refractivity contribution is 0.0666. The Balaban J connectivity index is 1.34. The van der Waals surface area contributed by atoms with Crippen molar-refractivity contribution in [1.29, 1.82) is 0 Å². The van der Waals surface area contributed by atoms with Crippen LogP contribution in [0.5, 0.6) is 11.5 Å². The van der Waals surface area contributed by atoms with Gasteiger partial charge in [0, 0.05) is 18.7 Å². The van der Waals surface area contributed by atoms with Crippen molar-refractivity contribution < 1.29 is 23.1 Å². The Labute approximate surface area is 154 Å². The predicted molar refractivity (Wildman–Crippen MR) is 92.4 cm³/mol. The highest BCUT2D eigenvalue weighted by Crippen LogP contribution is 2.36. The van der Waals surface area contributed by atoms with Crippen molar-refractivity contribution in [1.82, 2.24) is 15.1 Å². The summed E-state index contributed by atoms with van der Waals surface area (Å²) in [6.07, 6.45) is 3.27. The number of fused-ring (bicyclic) bond motifs is 1. The van der Waals surface area contributed by atoms with Crippen LogP contribution in [0.2, 0.25) is 0 Å². The number of furan rings is 1. The van der Waals surface area contributed by atoms with E-state index in [4.69, 9.17) is 18.3 Å². The molecule has 8 heteroatoms.